The van der Waals surface area contributed by atoms with Gasteiger partial charge in [-0.1, -0.05) is 64.2 Å². The molecule has 3 nitrogen and oxygen atoms in total. The topological polar surface area (TPSA) is 18.0 Å². The Bertz CT molecular complexity index is 577. The Hall–Kier alpha value is -1.61. The van der Waals surface area contributed by atoms with Crippen LogP contribution in [0.2, 0.25) is 0 Å². The van der Waals surface area contributed by atoms with Crippen molar-refractivity contribution >= 4 is 0 Å². The van der Waals surface area contributed by atoms with Crippen LogP contribution in [-0.2, 0) is 18.0 Å². The molecule has 0 aliphatic carbocycles. The van der Waals surface area contributed by atoms with Crippen LogP contribution in [0.15, 0.2) is 42.7 Å². The summed E-state index contributed by atoms with van der Waals surface area (Å²) in [6.45, 7) is 7.07. The zero-order chi connectivity index (χ0) is 17.7. The molecular formula is C22H35N2O+. The third-order valence-corrected chi connectivity index (χ3v) is 4.63. The van der Waals surface area contributed by atoms with Gasteiger partial charge in [0, 0.05) is 0 Å². The summed E-state index contributed by atoms with van der Waals surface area (Å²) in [4.78, 5) is 0. The monoisotopic (exact) mass is 343 g/mol. The molecule has 0 bridgehead atoms. The molecule has 2 rings (SSSR count). The minimum atomic E-state index is 0.637. The lowest BCUT2D eigenvalue weighted by Gasteiger charge is -2.07. The first-order valence-corrected chi connectivity index (χ1v) is 10.1. The maximum atomic E-state index is 5.93. The Morgan fingerprint density at radius 3 is 2.32 bits per heavy atom. The normalized spacial score (nSPS) is 11.1. The standard InChI is InChI=1S/C22H35N2O/c1-3-5-7-12-16-23-17-18-24(20-25-19-13-8-6-4-2)22(23)21-14-10-9-11-15-21/h9-11,14-15,17-18H,3-8,12-13,16,19-20H2,1-2H3/q+1. The SMILES string of the molecule is CCCCCCOC[n+]1ccn(CCCCCC)c1-c1ccccc1. The molecule has 0 aliphatic rings. The Morgan fingerprint density at radius 2 is 1.60 bits per heavy atom. The number of benzene rings is 1. The summed E-state index contributed by atoms with van der Waals surface area (Å²) in [5.41, 5.74) is 1.26. The van der Waals surface area contributed by atoms with Crippen LogP contribution >= 0.6 is 0 Å². The molecule has 3 heteroatoms. The molecule has 0 spiro atoms. The minimum Gasteiger partial charge on any atom is -0.342 e. The molecule has 0 amide bonds. The van der Waals surface area contributed by atoms with Gasteiger partial charge in [0.15, 0.2) is 6.73 Å². The molecular weight excluding hydrogens is 308 g/mol. The van der Waals surface area contributed by atoms with E-state index in [1.54, 1.807) is 0 Å². The first-order chi connectivity index (χ1) is 12.4. The van der Waals surface area contributed by atoms with Gasteiger partial charge in [-0.15, -0.1) is 0 Å². The number of aromatic nitrogens is 2. The van der Waals surface area contributed by atoms with Gasteiger partial charge in [0.2, 0.25) is 0 Å². The lowest BCUT2D eigenvalue weighted by Crippen LogP contribution is -2.36. The van der Waals surface area contributed by atoms with Crippen molar-refractivity contribution in [2.75, 3.05) is 6.61 Å². The van der Waals surface area contributed by atoms with Crippen molar-refractivity contribution in [2.24, 2.45) is 0 Å². The van der Waals surface area contributed by atoms with E-state index in [0.29, 0.717) is 6.73 Å². The van der Waals surface area contributed by atoms with Crippen LogP contribution in [-0.4, -0.2) is 11.2 Å². The molecule has 0 radical (unpaired) electrons. The molecule has 0 fully saturated rings. The summed E-state index contributed by atoms with van der Waals surface area (Å²) >= 11 is 0. The summed E-state index contributed by atoms with van der Waals surface area (Å²) in [6.07, 6.45) is 14.5. The van der Waals surface area contributed by atoms with Crippen molar-refractivity contribution in [1.82, 2.24) is 4.57 Å². The van der Waals surface area contributed by atoms with E-state index >= 15 is 0 Å². The highest BCUT2D eigenvalue weighted by Crippen LogP contribution is 2.17. The van der Waals surface area contributed by atoms with E-state index in [4.69, 9.17) is 4.74 Å². The fourth-order valence-corrected chi connectivity index (χ4v) is 3.17. The van der Waals surface area contributed by atoms with Crippen LogP contribution in [0, 0.1) is 0 Å². The lowest BCUT2D eigenvalue weighted by molar-refractivity contribution is -0.722. The third-order valence-electron chi connectivity index (χ3n) is 4.63. The van der Waals surface area contributed by atoms with E-state index in [2.05, 4.69) is 65.7 Å². The Morgan fingerprint density at radius 1 is 0.880 bits per heavy atom. The predicted octanol–water partition coefficient (Wildman–Crippen LogP) is 5.58. The molecule has 2 aromatic rings. The highest BCUT2D eigenvalue weighted by Gasteiger charge is 2.18. The molecule has 0 saturated heterocycles. The summed E-state index contributed by atoms with van der Waals surface area (Å²) in [5, 5.41) is 0. The van der Waals surface area contributed by atoms with Crippen LogP contribution < -0.4 is 4.57 Å². The van der Waals surface area contributed by atoms with Gasteiger partial charge in [0.05, 0.1) is 18.7 Å². The summed E-state index contributed by atoms with van der Waals surface area (Å²) in [7, 11) is 0. The number of unbranched alkanes of at least 4 members (excludes halogenated alkanes) is 6. The highest BCUT2D eigenvalue weighted by atomic mass is 16.5. The van der Waals surface area contributed by atoms with E-state index in [9.17, 15) is 0 Å². The molecule has 1 aromatic carbocycles. The zero-order valence-corrected chi connectivity index (χ0v) is 16.1. The average Bonchev–Trinajstić information content (AvgIpc) is 3.05. The van der Waals surface area contributed by atoms with Crippen molar-refractivity contribution in [3.8, 4) is 11.4 Å². The summed E-state index contributed by atoms with van der Waals surface area (Å²) < 4.78 is 10.6. The second kappa shape index (κ2) is 11.9. The number of hydrogen-bond donors (Lipinski definition) is 0. The first kappa shape index (κ1) is 19.7. The Kier molecular flexibility index (Phi) is 9.35. The molecule has 0 saturated carbocycles. The van der Waals surface area contributed by atoms with Crippen molar-refractivity contribution in [3.05, 3.63) is 42.7 Å². The molecule has 0 aliphatic heterocycles. The number of imidazole rings is 1. The average molecular weight is 344 g/mol. The highest BCUT2D eigenvalue weighted by molar-refractivity contribution is 5.52. The quantitative estimate of drug-likeness (QED) is 0.343. The number of aryl methyl sites for hydroxylation is 1. The van der Waals surface area contributed by atoms with Crippen LogP contribution in [0.1, 0.15) is 65.2 Å². The minimum absolute atomic E-state index is 0.637. The lowest BCUT2D eigenvalue weighted by atomic mass is 10.2. The van der Waals surface area contributed by atoms with Crippen LogP contribution in [0.3, 0.4) is 0 Å². The number of rotatable bonds is 13. The van der Waals surface area contributed by atoms with E-state index < -0.39 is 0 Å². The number of ether oxygens (including phenoxy) is 1. The van der Waals surface area contributed by atoms with Gasteiger partial charge in [-0.05, 0) is 31.4 Å². The van der Waals surface area contributed by atoms with Gasteiger partial charge in [-0.3, -0.25) is 0 Å². The molecule has 1 aromatic heterocycles. The third kappa shape index (κ3) is 6.66. The van der Waals surface area contributed by atoms with E-state index in [0.717, 1.165) is 19.6 Å². The van der Waals surface area contributed by atoms with Gasteiger partial charge in [0.1, 0.15) is 12.4 Å². The molecule has 0 atom stereocenters. The van der Waals surface area contributed by atoms with Crippen LogP contribution in [0.5, 0.6) is 0 Å². The smallest absolute Gasteiger partial charge is 0.290 e. The molecule has 0 N–H and O–H groups in total. The maximum Gasteiger partial charge on any atom is 0.290 e. The fraction of sp³-hybridized carbons (Fsp3) is 0.591. The van der Waals surface area contributed by atoms with E-state index in [1.165, 1.54) is 56.3 Å². The Balaban J connectivity index is 1.99. The summed E-state index contributed by atoms with van der Waals surface area (Å²) in [5.74, 6) is 1.26. The van der Waals surface area contributed by atoms with E-state index in [-0.39, 0.29) is 0 Å². The van der Waals surface area contributed by atoms with Gasteiger partial charge >= 0.3 is 0 Å². The maximum absolute atomic E-state index is 5.93. The Labute approximate surface area is 153 Å². The second-order valence-corrected chi connectivity index (χ2v) is 6.81. The van der Waals surface area contributed by atoms with Gasteiger partial charge in [0.25, 0.3) is 5.82 Å². The van der Waals surface area contributed by atoms with Gasteiger partial charge in [-0.25, -0.2) is 9.13 Å². The van der Waals surface area contributed by atoms with Crippen molar-refractivity contribution < 1.29 is 9.30 Å². The number of hydrogen-bond acceptors (Lipinski definition) is 1. The van der Waals surface area contributed by atoms with Crippen molar-refractivity contribution in [1.29, 1.82) is 0 Å². The molecule has 25 heavy (non-hydrogen) atoms. The fourth-order valence-electron chi connectivity index (χ4n) is 3.17. The van der Waals surface area contributed by atoms with Crippen molar-refractivity contribution in [3.63, 3.8) is 0 Å². The molecule has 138 valence electrons. The summed E-state index contributed by atoms with van der Waals surface area (Å²) in [6, 6.07) is 10.7. The van der Waals surface area contributed by atoms with Crippen LogP contribution in [0.25, 0.3) is 11.4 Å². The second-order valence-electron chi connectivity index (χ2n) is 6.81. The van der Waals surface area contributed by atoms with Gasteiger partial charge < -0.3 is 4.74 Å². The molecule has 0 unspecified atom stereocenters. The van der Waals surface area contributed by atoms with Crippen molar-refractivity contribution in [2.45, 2.75) is 78.5 Å². The van der Waals surface area contributed by atoms with Crippen LogP contribution in [0.4, 0.5) is 0 Å². The first-order valence-electron chi connectivity index (χ1n) is 10.1. The van der Waals surface area contributed by atoms with Gasteiger partial charge in [-0.2, -0.15) is 0 Å². The molecule has 1 heterocycles. The largest absolute Gasteiger partial charge is 0.342 e. The zero-order valence-electron chi connectivity index (χ0n) is 16.1. The predicted molar refractivity (Wildman–Crippen MR) is 104 cm³/mol. The van der Waals surface area contributed by atoms with E-state index in [1.807, 2.05) is 0 Å². The number of nitrogens with zero attached hydrogens (tertiary/aromatic N) is 2.